The number of nitrogens with zero attached hydrogens (tertiary/aromatic N) is 1. The molecule has 2 saturated heterocycles. The van der Waals surface area contributed by atoms with Gasteiger partial charge in [-0.15, -0.1) is 0 Å². The molecule has 5 heteroatoms. The van der Waals surface area contributed by atoms with E-state index in [1.165, 1.54) is 0 Å². The molecule has 0 aliphatic carbocycles. The fourth-order valence-electron chi connectivity index (χ4n) is 3.39. The number of rotatable bonds is 1. The molecule has 2 aliphatic heterocycles. The van der Waals surface area contributed by atoms with E-state index in [4.69, 9.17) is 5.73 Å². The van der Waals surface area contributed by atoms with Crippen molar-refractivity contribution < 1.29 is 13.2 Å². The van der Waals surface area contributed by atoms with Gasteiger partial charge >= 0.3 is 6.18 Å². The van der Waals surface area contributed by atoms with Crippen molar-refractivity contribution in [3.05, 3.63) is 0 Å². The summed E-state index contributed by atoms with van der Waals surface area (Å²) in [5.41, 5.74) is 3.61. The molecule has 2 aliphatic rings. The van der Waals surface area contributed by atoms with Crippen LogP contribution in [0.2, 0.25) is 0 Å². The van der Waals surface area contributed by atoms with Gasteiger partial charge in [-0.3, -0.25) is 4.90 Å². The lowest BCUT2D eigenvalue weighted by molar-refractivity contribution is -0.204. The standard InChI is InChI=1S/C11H19F3N2/c1-7(2)16-8-3-4-9(16)6-10(15,5-8)11(12,13)14/h7-9H,3-6,15H2,1-2H3/t8-,9-/m1/s1. The van der Waals surface area contributed by atoms with Crippen LogP contribution in [0.1, 0.15) is 39.5 Å². The summed E-state index contributed by atoms with van der Waals surface area (Å²) in [7, 11) is 0. The van der Waals surface area contributed by atoms with Crippen molar-refractivity contribution in [2.75, 3.05) is 0 Å². The van der Waals surface area contributed by atoms with Crippen molar-refractivity contribution in [3.63, 3.8) is 0 Å². The Morgan fingerprint density at radius 1 is 1.19 bits per heavy atom. The third-order valence-corrected chi connectivity index (χ3v) is 4.04. The van der Waals surface area contributed by atoms with Gasteiger partial charge in [0.2, 0.25) is 0 Å². The van der Waals surface area contributed by atoms with Gasteiger partial charge in [-0.1, -0.05) is 0 Å². The number of halogens is 3. The Labute approximate surface area is 94.0 Å². The van der Waals surface area contributed by atoms with E-state index in [9.17, 15) is 13.2 Å². The van der Waals surface area contributed by atoms with Crippen LogP contribution < -0.4 is 5.73 Å². The van der Waals surface area contributed by atoms with Crippen molar-refractivity contribution in [1.82, 2.24) is 4.90 Å². The van der Waals surface area contributed by atoms with Crippen LogP contribution in [0.5, 0.6) is 0 Å². The highest BCUT2D eigenvalue weighted by Crippen LogP contribution is 2.47. The number of piperidine rings is 1. The van der Waals surface area contributed by atoms with Gasteiger partial charge in [-0.25, -0.2) is 0 Å². The zero-order valence-corrected chi connectivity index (χ0v) is 9.72. The number of hydrogen-bond donors (Lipinski definition) is 1. The molecule has 2 bridgehead atoms. The van der Waals surface area contributed by atoms with Crippen LogP contribution >= 0.6 is 0 Å². The minimum absolute atomic E-state index is 0.0189. The molecule has 2 nitrogen and oxygen atoms in total. The van der Waals surface area contributed by atoms with Crippen molar-refractivity contribution in [2.24, 2.45) is 5.73 Å². The van der Waals surface area contributed by atoms with Gasteiger partial charge in [0.25, 0.3) is 0 Å². The normalized spacial score (nSPS) is 40.7. The van der Waals surface area contributed by atoms with E-state index in [0.717, 1.165) is 12.8 Å². The third kappa shape index (κ3) is 1.74. The highest BCUT2D eigenvalue weighted by molar-refractivity contribution is 5.08. The lowest BCUT2D eigenvalue weighted by atomic mass is 9.82. The quantitative estimate of drug-likeness (QED) is 0.756. The predicted molar refractivity (Wildman–Crippen MR) is 56.0 cm³/mol. The fourth-order valence-corrected chi connectivity index (χ4v) is 3.39. The molecule has 0 unspecified atom stereocenters. The first kappa shape index (κ1) is 12.2. The minimum atomic E-state index is -4.27. The number of nitrogens with two attached hydrogens (primary N) is 1. The lowest BCUT2D eigenvalue weighted by Crippen LogP contribution is -2.63. The van der Waals surface area contributed by atoms with Crippen LogP contribution in [0.3, 0.4) is 0 Å². The first-order valence-electron chi connectivity index (χ1n) is 5.88. The second kappa shape index (κ2) is 3.60. The van der Waals surface area contributed by atoms with Crippen LogP contribution in [0, 0.1) is 0 Å². The molecule has 0 aromatic rings. The van der Waals surface area contributed by atoms with E-state index in [1.54, 1.807) is 0 Å². The van der Waals surface area contributed by atoms with Crippen LogP contribution in [0.25, 0.3) is 0 Å². The summed E-state index contributed by atoms with van der Waals surface area (Å²) in [6, 6.07) is 0.353. The Bertz CT molecular complexity index is 261. The average Bonchev–Trinajstić information content (AvgIpc) is 2.37. The summed E-state index contributed by atoms with van der Waals surface area (Å²) in [5.74, 6) is 0. The molecule has 0 spiro atoms. The number of fused-ring (bicyclic) bond motifs is 2. The molecular formula is C11H19F3N2. The van der Waals surface area contributed by atoms with Gasteiger partial charge in [0.1, 0.15) is 5.54 Å². The molecule has 2 fully saturated rings. The molecule has 2 heterocycles. The van der Waals surface area contributed by atoms with Gasteiger partial charge in [-0.2, -0.15) is 13.2 Å². The number of hydrogen-bond acceptors (Lipinski definition) is 2. The summed E-state index contributed by atoms with van der Waals surface area (Å²) >= 11 is 0. The summed E-state index contributed by atoms with van der Waals surface area (Å²) < 4.78 is 38.7. The van der Waals surface area contributed by atoms with Gasteiger partial charge in [-0.05, 0) is 39.5 Å². The maximum atomic E-state index is 12.9. The lowest BCUT2D eigenvalue weighted by Gasteiger charge is -2.46. The average molecular weight is 236 g/mol. The molecule has 0 aromatic carbocycles. The predicted octanol–water partition coefficient (Wildman–Crippen LogP) is 2.28. The second-order valence-electron chi connectivity index (χ2n) is 5.49. The smallest absolute Gasteiger partial charge is 0.318 e. The Morgan fingerprint density at radius 2 is 1.62 bits per heavy atom. The van der Waals surface area contributed by atoms with Gasteiger partial charge in [0.05, 0.1) is 0 Å². The fraction of sp³-hybridized carbons (Fsp3) is 1.00. The maximum absolute atomic E-state index is 12.9. The van der Waals surface area contributed by atoms with Crippen LogP contribution in [0.15, 0.2) is 0 Å². The highest BCUT2D eigenvalue weighted by Gasteiger charge is 2.59. The van der Waals surface area contributed by atoms with Crippen LogP contribution in [0.4, 0.5) is 13.2 Å². The van der Waals surface area contributed by atoms with E-state index >= 15 is 0 Å². The van der Waals surface area contributed by atoms with Crippen LogP contribution in [-0.2, 0) is 0 Å². The largest absolute Gasteiger partial charge is 0.406 e. The van der Waals surface area contributed by atoms with Crippen molar-refractivity contribution in [1.29, 1.82) is 0 Å². The minimum Gasteiger partial charge on any atom is -0.318 e. The molecular weight excluding hydrogens is 217 g/mol. The molecule has 0 aromatic heterocycles. The summed E-state index contributed by atoms with van der Waals surface area (Å²) in [6.07, 6.45) is -2.43. The van der Waals surface area contributed by atoms with Gasteiger partial charge in [0, 0.05) is 18.1 Å². The van der Waals surface area contributed by atoms with E-state index in [-0.39, 0.29) is 24.9 Å². The third-order valence-electron chi connectivity index (χ3n) is 4.04. The first-order chi connectivity index (χ1) is 7.24. The molecule has 2 atom stereocenters. The zero-order chi connectivity index (χ0) is 12.1. The van der Waals surface area contributed by atoms with E-state index in [0.29, 0.717) is 6.04 Å². The van der Waals surface area contributed by atoms with Gasteiger partial charge < -0.3 is 5.73 Å². The zero-order valence-electron chi connectivity index (χ0n) is 9.72. The molecule has 94 valence electrons. The molecule has 16 heavy (non-hydrogen) atoms. The first-order valence-corrected chi connectivity index (χ1v) is 5.88. The molecule has 0 saturated carbocycles. The Morgan fingerprint density at radius 3 is 1.94 bits per heavy atom. The SMILES string of the molecule is CC(C)N1[C@@H]2CC[C@@H]1CC(N)(C(F)(F)F)C2. The maximum Gasteiger partial charge on any atom is 0.406 e. The van der Waals surface area contributed by atoms with Crippen LogP contribution in [-0.4, -0.2) is 34.7 Å². The molecule has 2 N–H and O–H groups in total. The summed E-state index contributed by atoms with van der Waals surface area (Å²) in [5, 5.41) is 0. The second-order valence-corrected chi connectivity index (χ2v) is 5.49. The van der Waals surface area contributed by atoms with E-state index in [1.807, 2.05) is 13.8 Å². The summed E-state index contributed by atoms with van der Waals surface area (Å²) in [6.45, 7) is 4.09. The Balaban J connectivity index is 2.19. The highest BCUT2D eigenvalue weighted by atomic mass is 19.4. The van der Waals surface area contributed by atoms with E-state index in [2.05, 4.69) is 4.90 Å². The van der Waals surface area contributed by atoms with Crippen molar-refractivity contribution in [3.8, 4) is 0 Å². The van der Waals surface area contributed by atoms with Crippen molar-refractivity contribution in [2.45, 2.75) is 69.4 Å². The van der Waals surface area contributed by atoms with Gasteiger partial charge in [0.15, 0.2) is 0 Å². The summed E-state index contributed by atoms with van der Waals surface area (Å²) in [4.78, 5) is 2.22. The molecule has 2 rings (SSSR count). The molecule has 0 radical (unpaired) electrons. The topological polar surface area (TPSA) is 29.3 Å². The monoisotopic (exact) mass is 236 g/mol. The van der Waals surface area contributed by atoms with E-state index < -0.39 is 11.7 Å². The Hall–Kier alpha value is -0.290. The number of alkyl halides is 3. The molecule has 0 amide bonds. The Kier molecular flexibility index (Phi) is 2.74. The van der Waals surface area contributed by atoms with Crippen molar-refractivity contribution >= 4 is 0 Å².